The summed E-state index contributed by atoms with van der Waals surface area (Å²) in [5, 5.41) is 23.4. The number of nitrogens with zero attached hydrogens (tertiary/aromatic N) is 1. The summed E-state index contributed by atoms with van der Waals surface area (Å²) in [7, 11) is 0. The lowest BCUT2D eigenvalue weighted by atomic mass is 9.98. The highest BCUT2D eigenvalue weighted by Crippen LogP contribution is 2.28. The van der Waals surface area contributed by atoms with Crippen LogP contribution in [0.5, 0.6) is 5.75 Å². The van der Waals surface area contributed by atoms with E-state index < -0.39 is 18.6 Å². The summed E-state index contributed by atoms with van der Waals surface area (Å²) < 4.78 is 19.2. The van der Waals surface area contributed by atoms with E-state index in [0.717, 1.165) is 11.4 Å². The van der Waals surface area contributed by atoms with Crippen molar-refractivity contribution in [2.45, 2.75) is 64.2 Å². The number of aliphatic hydroxyl groups is 1. The van der Waals surface area contributed by atoms with Gasteiger partial charge in [0, 0.05) is 24.2 Å². The molecule has 3 atom stereocenters. The fraction of sp³-hybridized carbons (Fsp3) is 0.481. The standard InChI is InChI=1S/C27H35FN2O5/c1-18(2)35-23-8-4-7-22(16-23)29-24-11-9-20(10-12-25(24)31)27(34)30(17-26(32)33)14-13-19-5-3-6-21(28)15-19/h3-8,15-16,18,20,24-25,29,31H,9-14,17H2,1-2H3,(H,32,33)/t20-,24+,25+/m1/s1. The van der Waals surface area contributed by atoms with Crippen molar-refractivity contribution in [3.8, 4) is 5.75 Å². The third kappa shape index (κ3) is 8.24. The number of hydrogen-bond acceptors (Lipinski definition) is 5. The summed E-state index contributed by atoms with van der Waals surface area (Å²) in [6.45, 7) is 3.70. The Kier molecular flexibility index (Phi) is 9.48. The minimum absolute atomic E-state index is 0.0511. The number of ether oxygens (including phenoxy) is 1. The Hall–Kier alpha value is -3.13. The van der Waals surface area contributed by atoms with Crippen molar-refractivity contribution in [1.82, 2.24) is 4.90 Å². The maximum absolute atomic E-state index is 13.5. The van der Waals surface area contributed by atoms with Gasteiger partial charge in [-0.15, -0.1) is 0 Å². The van der Waals surface area contributed by atoms with Crippen LogP contribution in [0.3, 0.4) is 0 Å². The molecule has 0 saturated heterocycles. The number of rotatable bonds is 10. The number of amides is 1. The van der Waals surface area contributed by atoms with Gasteiger partial charge in [-0.05, 0) is 75.8 Å². The van der Waals surface area contributed by atoms with Crippen molar-refractivity contribution in [1.29, 1.82) is 0 Å². The number of carbonyl (C=O) groups excluding carboxylic acids is 1. The molecule has 7 nitrogen and oxygen atoms in total. The molecule has 1 aliphatic carbocycles. The average Bonchev–Trinajstić information content (AvgIpc) is 2.97. The highest BCUT2D eigenvalue weighted by molar-refractivity contribution is 5.83. The second-order valence-corrected chi connectivity index (χ2v) is 9.40. The van der Waals surface area contributed by atoms with Gasteiger partial charge in [0.2, 0.25) is 5.91 Å². The predicted molar refractivity (Wildman–Crippen MR) is 132 cm³/mol. The maximum Gasteiger partial charge on any atom is 0.323 e. The molecule has 0 unspecified atom stereocenters. The number of aliphatic carboxylic acids is 1. The molecule has 2 aromatic carbocycles. The van der Waals surface area contributed by atoms with Gasteiger partial charge in [-0.1, -0.05) is 18.2 Å². The fourth-order valence-corrected chi connectivity index (χ4v) is 4.50. The molecular weight excluding hydrogens is 451 g/mol. The molecule has 2 aromatic rings. The summed E-state index contributed by atoms with van der Waals surface area (Å²) in [6.07, 6.45) is 1.79. The third-order valence-electron chi connectivity index (χ3n) is 6.21. The first kappa shape index (κ1) is 26.5. The number of carboxylic acids is 1. The first-order valence-electron chi connectivity index (χ1n) is 12.2. The van der Waals surface area contributed by atoms with Crippen molar-refractivity contribution in [3.63, 3.8) is 0 Å². The van der Waals surface area contributed by atoms with E-state index in [2.05, 4.69) is 5.32 Å². The van der Waals surface area contributed by atoms with Crippen LogP contribution in [0.15, 0.2) is 48.5 Å². The molecule has 0 aliphatic heterocycles. The van der Waals surface area contributed by atoms with Crippen LogP contribution < -0.4 is 10.1 Å². The Morgan fingerprint density at radius 2 is 1.86 bits per heavy atom. The molecule has 3 N–H and O–H groups in total. The average molecular weight is 487 g/mol. The minimum atomic E-state index is -1.09. The van der Waals surface area contributed by atoms with E-state index >= 15 is 0 Å². The molecule has 8 heteroatoms. The molecule has 0 heterocycles. The molecule has 1 amide bonds. The highest BCUT2D eigenvalue weighted by Gasteiger charge is 2.32. The normalized spacial score (nSPS) is 20.2. The zero-order valence-corrected chi connectivity index (χ0v) is 20.3. The van der Waals surface area contributed by atoms with Crippen molar-refractivity contribution in [2.24, 2.45) is 5.92 Å². The molecule has 0 aromatic heterocycles. The molecule has 0 spiro atoms. The highest BCUT2D eigenvalue weighted by atomic mass is 19.1. The van der Waals surface area contributed by atoms with Gasteiger partial charge in [-0.2, -0.15) is 0 Å². The van der Waals surface area contributed by atoms with Gasteiger partial charge in [0.05, 0.1) is 18.2 Å². The van der Waals surface area contributed by atoms with E-state index in [1.807, 2.05) is 38.1 Å². The van der Waals surface area contributed by atoms with Crippen LogP contribution in [-0.2, 0) is 16.0 Å². The van der Waals surface area contributed by atoms with Crippen LogP contribution >= 0.6 is 0 Å². The molecule has 0 radical (unpaired) electrons. The third-order valence-corrected chi connectivity index (χ3v) is 6.21. The van der Waals surface area contributed by atoms with Gasteiger partial charge in [0.15, 0.2) is 0 Å². The zero-order valence-electron chi connectivity index (χ0n) is 20.3. The Morgan fingerprint density at radius 3 is 2.57 bits per heavy atom. The number of nitrogens with one attached hydrogen (secondary N) is 1. The molecule has 1 saturated carbocycles. The van der Waals surface area contributed by atoms with Crippen molar-refractivity contribution in [3.05, 3.63) is 59.9 Å². The summed E-state index contributed by atoms with van der Waals surface area (Å²) in [4.78, 5) is 26.0. The summed E-state index contributed by atoms with van der Waals surface area (Å²) in [5.41, 5.74) is 1.54. The second kappa shape index (κ2) is 12.5. The predicted octanol–water partition coefficient (Wildman–Crippen LogP) is 4.10. The number of anilines is 1. The lowest BCUT2D eigenvalue weighted by Crippen LogP contribution is -2.41. The van der Waals surface area contributed by atoms with Gasteiger partial charge in [0.25, 0.3) is 0 Å². The van der Waals surface area contributed by atoms with Crippen molar-refractivity contribution in [2.75, 3.05) is 18.4 Å². The number of aliphatic hydroxyl groups excluding tert-OH is 1. The first-order chi connectivity index (χ1) is 16.7. The van der Waals surface area contributed by atoms with E-state index in [4.69, 9.17) is 4.74 Å². The monoisotopic (exact) mass is 486 g/mol. The van der Waals surface area contributed by atoms with Gasteiger partial charge < -0.3 is 25.2 Å². The van der Waals surface area contributed by atoms with E-state index in [1.165, 1.54) is 17.0 Å². The van der Waals surface area contributed by atoms with Crippen LogP contribution in [0.2, 0.25) is 0 Å². The second-order valence-electron chi connectivity index (χ2n) is 9.40. The van der Waals surface area contributed by atoms with Crippen LogP contribution in [0, 0.1) is 11.7 Å². The molecule has 1 aliphatic rings. The Labute approximate surface area is 205 Å². The quantitative estimate of drug-likeness (QED) is 0.438. The first-order valence-corrected chi connectivity index (χ1v) is 12.2. The summed E-state index contributed by atoms with van der Waals surface area (Å²) in [5.74, 6) is -1.32. The van der Waals surface area contributed by atoms with E-state index in [1.54, 1.807) is 12.1 Å². The lowest BCUT2D eigenvalue weighted by molar-refractivity contribution is -0.146. The van der Waals surface area contributed by atoms with E-state index in [9.17, 15) is 24.2 Å². The topological polar surface area (TPSA) is 99.1 Å². The fourth-order valence-electron chi connectivity index (χ4n) is 4.50. The molecule has 35 heavy (non-hydrogen) atoms. The number of halogens is 1. The van der Waals surface area contributed by atoms with E-state index in [0.29, 0.717) is 37.7 Å². The Balaban J connectivity index is 1.62. The van der Waals surface area contributed by atoms with E-state index in [-0.39, 0.29) is 36.3 Å². The smallest absolute Gasteiger partial charge is 0.323 e. The SMILES string of the molecule is CC(C)Oc1cccc(N[C@H]2CC[C@@H](C(=O)N(CCc3cccc(F)c3)CC(=O)O)CC[C@@H]2O)c1. The number of hydrogen-bond donors (Lipinski definition) is 3. The molecular formula is C27H35FN2O5. The zero-order chi connectivity index (χ0) is 25.4. The number of benzene rings is 2. The largest absolute Gasteiger partial charge is 0.491 e. The minimum Gasteiger partial charge on any atom is -0.491 e. The van der Waals surface area contributed by atoms with Gasteiger partial charge in [-0.3, -0.25) is 9.59 Å². The van der Waals surface area contributed by atoms with Gasteiger partial charge in [0.1, 0.15) is 18.1 Å². The maximum atomic E-state index is 13.5. The van der Waals surface area contributed by atoms with Crippen LogP contribution in [0.1, 0.15) is 45.1 Å². The number of carbonyl (C=O) groups is 2. The molecule has 190 valence electrons. The molecule has 3 rings (SSSR count). The summed E-state index contributed by atoms with van der Waals surface area (Å²) >= 11 is 0. The van der Waals surface area contributed by atoms with Crippen LogP contribution in [-0.4, -0.2) is 58.3 Å². The Bertz CT molecular complexity index is 999. The molecule has 1 fully saturated rings. The van der Waals surface area contributed by atoms with Crippen LogP contribution in [0.4, 0.5) is 10.1 Å². The molecule has 0 bridgehead atoms. The van der Waals surface area contributed by atoms with Gasteiger partial charge >= 0.3 is 5.97 Å². The van der Waals surface area contributed by atoms with Crippen LogP contribution in [0.25, 0.3) is 0 Å². The van der Waals surface area contributed by atoms with Crippen molar-refractivity contribution < 1.29 is 28.9 Å². The lowest BCUT2D eigenvalue weighted by Gasteiger charge is -2.26. The Morgan fingerprint density at radius 1 is 1.11 bits per heavy atom. The van der Waals surface area contributed by atoms with Crippen molar-refractivity contribution >= 4 is 17.6 Å². The summed E-state index contributed by atoms with van der Waals surface area (Å²) in [6, 6.07) is 13.4. The van der Waals surface area contributed by atoms with Gasteiger partial charge in [-0.25, -0.2) is 4.39 Å². The number of carboxylic acid groups (broad SMARTS) is 1.